The highest BCUT2D eigenvalue weighted by molar-refractivity contribution is 6.45. The smallest absolute Gasteiger partial charge is 0.339 e. The van der Waals surface area contributed by atoms with Gasteiger partial charge in [-0.25, -0.2) is 14.6 Å². The van der Waals surface area contributed by atoms with Crippen molar-refractivity contribution >= 4 is 23.6 Å². The van der Waals surface area contributed by atoms with E-state index in [9.17, 15) is 32.3 Å². The van der Waals surface area contributed by atoms with Crippen LogP contribution < -0.4 is 0 Å². The van der Waals surface area contributed by atoms with Crippen LogP contribution in [-0.2, 0) is 16.1 Å². The number of hydrogen-bond donors (Lipinski definition) is 0. The van der Waals surface area contributed by atoms with Crippen molar-refractivity contribution in [3.05, 3.63) is 58.9 Å². The minimum absolute atomic E-state index is 0.0376. The summed E-state index contributed by atoms with van der Waals surface area (Å²) in [7, 11) is 0. The lowest BCUT2D eigenvalue weighted by molar-refractivity contribution is -0.143. The summed E-state index contributed by atoms with van der Waals surface area (Å²) in [5.41, 5.74) is 0.873. The molecule has 0 spiro atoms. The Labute approximate surface area is 176 Å². The van der Waals surface area contributed by atoms with Crippen LogP contribution in [0.15, 0.2) is 36.4 Å². The second kappa shape index (κ2) is 8.01. The van der Waals surface area contributed by atoms with Gasteiger partial charge in [-0.2, -0.15) is 13.2 Å². The fourth-order valence-electron chi connectivity index (χ4n) is 3.62. The molecule has 0 saturated carbocycles. The first-order valence-corrected chi connectivity index (χ1v) is 9.43. The molecule has 3 rings (SSSR count). The van der Waals surface area contributed by atoms with E-state index in [1.807, 2.05) is 0 Å². The van der Waals surface area contributed by atoms with Crippen molar-refractivity contribution in [2.45, 2.75) is 39.5 Å². The number of alkyl halides is 3. The van der Waals surface area contributed by atoms with Crippen molar-refractivity contribution in [1.82, 2.24) is 14.4 Å². The number of imide groups is 2. The number of ketones is 1. The maximum atomic E-state index is 12.8. The number of amides is 4. The highest BCUT2D eigenvalue weighted by Crippen LogP contribution is 2.27. The molecule has 1 saturated heterocycles. The van der Waals surface area contributed by atoms with E-state index in [2.05, 4.69) is 0 Å². The number of urea groups is 1. The van der Waals surface area contributed by atoms with Gasteiger partial charge >= 0.3 is 24.0 Å². The molecule has 1 aliphatic heterocycles. The Bertz CT molecular complexity index is 1060. The van der Waals surface area contributed by atoms with Crippen molar-refractivity contribution in [3.8, 4) is 0 Å². The van der Waals surface area contributed by atoms with Crippen molar-refractivity contribution in [3.63, 3.8) is 0 Å². The molecule has 10 heteroatoms. The maximum absolute atomic E-state index is 12.8. The molecular weight excluding hydrogens is 415 g/mol. The maximum Gasteiger partial charge on any atom is 0.406 e. The number of aryl methyl sites for hydroxylation is 1. The van der Waals surface area contributed by atoms with Crippen molar-refractivity contribution in [2.75, 3.05) is 6.54 Å². The fraction of sp³-hybridized carbons (Fsp3) is 0.333. The molecule has 2 heterocycles. The van der Waals surface area contributed by atoms with Crippen molar-refractivity contribution in [2.24, 2.45) is 0 Å². The van der Waals surface area contributed by atoms with Crippen LogP contribution in [0.1, 0.15) is 40.3 Å². The molecule has 4 amide bonds. The van der Waals surface area contributed by atoms with Gasteiger partial charge in [0.25, 0.3) is 0 Å². The van der Waals surface area contributed by atoms with Crippen LogP contribution in [0.2, 0.25) is 0 Å². The first kappa shape index (κ1) is 22.3. The van der Waals surface area contributed by atoms with E-state index < -0.39 is 48.9 Å². The highest BCUT2D eigenvalue weighted by Gasteiger charge is 2.47. The lowest BCUT2D eigenvalue weighted by atomic mass is 10.1. The Hall–Kier alpha value is -3.43. The van der Waals surface area contributed by atoms with Gasteiger partial charge in [-0.15, -0.1) is 0 Å². The quantitative estimate of drug-likeness (QED) is 0.396. The molecule has 2 aromatic rings. The van der Waals surface area contributed by atoms with Gasteiger partial charge in [-0.3, -0.25) is 14.4 Å². The molecule has 1 aromatic carbocycles. The topological polar surface area (TPSA) is 79.7 Å². The monoisotopic (exact) mass is 435 g/mol. The average molecular weight is 435 g/mol. The van der Waals surface area contributed by atoms with Gasteiger partial charge in [0, 0.05) is 17.0 Å². The molecule has 0 aliphatic carbocycles. The molecule has 1 aromatic heterocycles. The second-order valence-electron chi connectivity index (χ2n) is 7.34. The molecule has 1 atom stereocenters. The summed E-state index contributed by atoms with van der Waals surface area (Å²) in [6, 6.07) is 8.19. The molecule has 7 nitrogen and oxygen atoms in total. The van der Waals surface area contributed by atoms with Gasteiger partial charge in [0.1, 0.15) is 6.54 Å². The standard InChI is InChI=1S/C21H20F3N3O4/c1-12-9-16(14(3)26(12)11-21(22,23)24)17(28)10-25-18(29)19(30)27(20(25)31)13(2)15-7-5-4-6-8-15/h4-9,13H,10-11H2,1-3H3. The summed E-state index contributed by atoms with van der Waals surface area (Å²) in [5, 5.41) is 0. The molecular formula is C21H20F3N3O4. The van der Waals surface area contributed by atoms with Crippen LogP contribution in [0.25, 0.3) is 0 Å². The van der Waals surface area contributed by atoms with Gasteiger partial charge in [0.05, 0.1) is 12.6 Å². The molecule has 1 fully saturated rings. The van der Waals surface area contributed by atoms with Crippen LogP contribution in [0, 0.1) is 13.8 Å². The number of rotatable bonds is 6. The second-order valence-corrected chi connectivity index (χ2v) is 7.34. The molecule has 164 valence electrons. The largest absolute Gasteiger partial charge is 0.406 e. The zero-order valence-electron chi connectivity index (χ0n) is 17.1. The Morgan fingerprint density at radius 3 is 2.23 bits per heavy atom. The Kier molecular flexibility index (Phi) is 5.75. The molecule has 1 unspecified atom stereocenters. The molecule has 0 N–H and O–H groups in total. The van der Waals surface area contributed by atoms with E-state index in [0.717, 1.165) is 9.47 Å². The fourth-order valence-corrected chi connectivity index (χ4v) is 3.62. The Morgan fingerprint density at radius 2 is 1.65 bits per heavy atom. The first-order chi connectivity index (χ1) is 14.4. The van der Waals surface area contributed by atoms with E-state index in [4.69, 9.17) is 0 Å². The van der Waals surface area contributed by atoms with Crippen LogP contribution in [0.4, 0.5) is 18.0 Å². The number of carbonyl (C=O) groups is 4. The summed E-state index contributed by atoms with van der Waals surface area (Å²) in [6.07, 6.45) is -4.48. The number of nitrogens with zero attached hydrogens (tertiary/aromatic N) is 3. The van der Waals surface area contributed by atoms with Gasteiger partial charge in [-0.05, 0) is 32.4 Å². The van der Waals surface area contributed by atoms with Crippen LogP contribution in [0.5, 0.6) is 0 Å². The van der Waals surface area contributed by atoms with Gasteiger partial charge in [0.15, 0.2) is 5.78 Å². The normalized spacial score (nSPS) is 15.7. The third kappa shape index (κ3) is 4.23. The van der Waals surface area contributed by atoms with Gasteiger partial charge in [-0.1, -0.05) is 30.3 Å². The molecule has 31 heavy (non-hydrogen) atoms. The van der Waals surface area contributed by atoms with Gasteiger partial charge < -0.3 is 4.57 Å². The van der Waals surface area contributed by atoms with Crippen LogP contribution in [-0.4, -0.2) is 50.7 Å². The molecule has 0 radical (unpaired) electrons. The van der Waals surface area contributed by atoms with E-state index in [1.54, 1.807) is 37.3 Å². The summed E-state index contributed by atoms with van der Waals surface area (Å²) in [4.78, 5) is 51.6. The van der Waals surface area contributed by atoms with Gasteiger partial charge in [0.2, 0.25) is 0 Å². The number of halogens is 3. The SMILES string of the molecule is Cc1cc(C(=O)CN2C(=O)C(=O)N(C(C)c3ccccc3)C2=O)c(C)n1CC(F)(F)F. The summed E-state index contributed by atoms with van der Waals surface area (Å²) in [5.74, 6) is -2.94. The lowest BCUT2D eigenvalue weighted by Gasteiger charge is -2.22. The lowest BCUT2D eigenvalue weighted by Crippen LogP contribution is -2.38. The first-order valence-electron chi connectivity index (χ1n) is 9.43. The third-order valence-electron chi connectivity index (χ3n) is 5.27. The number of carbonyl (C=O) groups excluding carboxylic acids is 4. The number of Topliss-reactive ketones (excluding diaryl/α,β-unsaturated/α-hetero) is 1. The predicted octanol–water partition coefficient (Wildman–Crippen LogP) is 3.40. The number of hydrogen-bond acceptors (Lipinski definition) is 4. The highest BCUT2D eigenvalue weighted by atomic mass is 19.4. The van der Waals surface area contributed by atoms with E-state index in [1.165, 1.54) is 19.9 Å². The number of benzene rings is 1. The Morgan fingerprint density at radius 1 is 1.03 bits per heavy atom. The summed E-state index contributed by atoms with van der Waals surface area (Å²) < 4.78 is 39.3. The molecule has 1 aliphatic rings. The summed E-state index contributed by atoms with van der Waals surface area (Å²) in [6.45, 7) is 2.36. The summed E-state index contributed by atoms with van der Waals surface area (Å²) >= 11 is 0. The zero-order valence-corrected chi connectivity index (χ0v) is 17.1. The third-order valence-corrected chi connectivity index (χ3v) is 5.27. The number of aromatic nitrogens is 1. The van der Waals surface area contributed by atoms with E-state index in [-0.39, 0.29) is 17.0 Å². The van der Waals surface area contributed by atoms with Crippen molar-refractivity contribution in [1.29, 1.82) is 0 Å². The minimum Gasteiger partial charge on any atom is -0.339 e. The minimum atomic E-state index is -4.48. The Balaban J connectivity index is 1.82. The average Bonchev–Trinajstić information content (AvgIpc) is 3.09. The van der Waals surface area contributed by atoms with Crippen molar-refractivity contribution < 1.29 is 32.3 Å². The van der Waals surface area contributed by atoms with Crippen LogP contribution in [0.3, 0.4) is 0 Å². The zero-order chi connectivity index (χ0) is 23.1. The van der Waals surface area contributed by atoms with E-state index >= 15 is 0 Å². The molecule has 0 bridgehead atoms. The predicted molar refractivity (Wildman–Crippen MR) is 103 cm³/mol. The van der Waals surface area contributed by atoms with Crippen LogP contribution >= 0.6 is 0 Å². The van der Waals surface area contributed by atoms with E-state index in [0.29, 0.717) is 10.5 Å².